The second-order valence-corrected chi connectivity index (χ2v) is 6.00. The Morgan fingerprint density at radius 2 is 2.00 bits per heavy atom. The molecule has 0 aromatic rings. The highest BCUT2D eigenvalue weighted by molar-refractivity contribution is 4.78. The lowest BCUT2D eigenvalue weighted by molar-refractivity contribution is 0.0516. The Morgan fingerprint density at radius 1 is 1.28 bits per heavy atom. The Kier molecular flexibility index (Phi) is 7.20. The number of hydrogen-bond acceptors (Lipinski definition) is 3. The van der Waals surface area contributed by atoms with Crippen molar-refractivity contribution in [3.05, 3.63) is 0 Å². The van der Waals surface area contributed by atoms with Crippen molar-refractivity contribution in [2.24, 2.45) is 5.92 Å². The number of hydrogen-bond donors (Lipinski definition) is 1. The topological polar surface area (TPSA) is 24.5 Å². The van der Waals surface area contributed by atoms with Gasteiger partial charge in [0.1, 0.15) is 0 Å². The second-order valence-electron chi connectivity index (χ2n) is 6.00. The summed E-state index contributed by atoms with van der Waals surface area (Å²) in [5.74, 6) is 0.675. The number of nitrogens with zero attached hydrogens (tertiary/aromatic N) is 1. The largest absolute Gasteiger partial charge is 0.377 e. The molecule has 0 spiro atoms. The summed E-state index contributed by atoms with van der Waals surface area (Å²) < 4.78 is 5.76. The lowest BCUT2D eigenvalue weighted by Gasteiger charge is -2.34. The maximum Gasteiger partial charge on any atom is 0.0702 e. The normalized spacial score (nSPS) is 23.8. The number of rotatable bonds is 8. The summed E-state index contributed by atoms with van der Waals surface area (Å²) in [6.07, 6.45) is 2.95. The van der Waals surface area contributed by atoms with Crippen molar-refractivity contribution < 1.29 is 4.74 Å². The van der Waals surface area contributed by atoms with Gasteiger partial charge in [-0.2, -0.15) is 0 Å². The van der Waals surface area contributed by atoms with Crippen molar-refractivity contribution in [1.82, 2.24) is 10.2 Å². The molecular weight excluding hydrogens is 224 g/mol. The SMILES string of the molecule is CCN(CC1CCCO1)C(C)C(C)CNC(C)C. The van der Waals surface area contributed by atoms with Crippen LogP contribution in [0.1, 0.15) is 47.5 Å². The second kappa shape index (κ2) is 8.13. The molecule has 0 aromatic carbocycles. The molecule has 3 heteroatoms. The molecule has 18 heavy (non-hydrogen) atoms. The first-order valence-corrected chi connectivity index (χ1v) is 7.63. The van der Waals surface area contributed by atoms with Crippen molar-refractivity contribution in [2.45, 2.75) is 65.6 Å². The molecule has 3 atom stereocenters. The van der Waals surface area contributed by atoms with Gasteiger partial charge in [-0.1, -0.05) is 27.7 Å². The Labute approximate surface area is 113 Å². The molecule has 1 rings (SSSR count). The first-order chi connectivity index (χ1) is 8.54. The minimum Gasteiger partial charge on any atom is -0.377 e. The van der Waals surface area contributed by atoms with Crippen LogP contribution in [0.3, 0.4) is 0 Å². The van der Waals surface area contributed by atoms with E-state index in [0.717, 1.165) is 26.2 Å². The van der Waals surface area contributed by atoms with E-state index in [1.54, 1.807) is 0 Å². The highest BCUT2D eigenvalue weighted by atomic mass is 16.5. The molecule has 0 saturated carbocycles. The molecule has 1 saturated heterocycles. The van der Waals surface area contributed by atoms with Crippen LogP contribution in [-0.4, -0.2) is 49.3 Å². The zero-order chi connectivity index (χ0) is 13.5. The fraction of sp³-hybridized carbons (Fsp3) is 1.00. The maximum atomic E-state index is 5.76. The summed E-state index contributed by atoms with van der Waals surface area (Å²) in [4.78, 5) is 2.57. The quantitative estimate of drug-likeness (QED) is 0.722. The molecule has 0 radical (unpaired) electrons. The Balaban J connectivity index is 2.36. The van der Waals surface area contributed by atoms with Crippen LogP contribution < -0.4 is 5.32 Å². The summed E-state index contributed by atoms with van der Waals surface area (Å²) in [6.45, 7) is 15.7. The van der Waals surface area contributed by atoms with E-state index in [9.17, 15) is 0 Å². The van der Waals surface area contributed by atoms with Crippen LogP contribution in [0, 0.1) is 5.92 Å². The molecule has 1 fully saturated rings. The van der Waals surface area contributed by atoms with Crippen LogP contribution in [0.4, 0.5) is 0 Å². The highest BCUT2D eigenvalue weighted by Crippen LogP contribution is 2.17. The van der Waals surface area contributed by atoms with Crippen molar-refractivity contribution in [1.29, 1.82) is 0 Å². The molecule has 1 aliphatic heterocycles. The van der Waals surface area contributed by atoms with Crippen LogP contribution in [0.15, 0.2) is 0 Å². The molecule has 1 aliphatic rings. The van der Waals surface area contributed by atoms with Gasteiger partial charge in [0.05, 0.1) is 6.10 Å². The lowest BCUT2D eigenvalue weighted by Crippen LogP contribution is -2.45. The van der Waals surface area contributed by atoms with Crippen molar-refractivity contribution in [2.75, 3.05) is 26.2 Å². The predicted molar refractivity (Wildman–Crippen MR) is 78.0 cm³/mol. The van der Waals surface area contributed by atoms with Crippen LogP contribution in [0.25, 0.3) is 0 Å². The van der Waals surface area contributed by atoms with E-state index in [4.69, 9.17) is 4.74 Å². The number of ether oxygens (including phenoxy) is 1. The van der Waals surface area contributed by atoms with E-state index in [-0.39, 0.29) is 0 Å². The van der Waals surface area contributed by atoms with E-state index in [1.165, 1.54) is 12.8 Å². The van der Waals surface area contributed by atoms with Gasteiger partial charge >= 0.3 is 0 Å². The molecule has 0 amide bonds. The standard InChI is InChI=1S/C15H32N2O/c1-6-17(11-15-8-7-9-18-15)14(5)13(4)10-16-12(2)3/h12-16H,6-11H2,1-5H3. The van der Waals surface area contributed by atoms with Crippen LogP contribution >= 0.6 is 0 Å². The fourth-order valence-corrected chi connectivity index (χ4v) is 2.59. The summed E-state index contributed by atoms with van der Waals surface area (Å²) in [7, 11) is 0. The van der Waals surface area contributed by atoms with E-state index < -0.39 is 0 Å². The van der Waals surface area contributed by atoms with Crippen molar-refractivity contribution >= 4 is 0 Å². The molecule has 1 N–H and O–H groups in total. The monoisotopic (exact) mass is 256 g/mol. The Bertz CT molecular complexity index is 215. The molecule has 0 aliphatic carbocycles. The highest BCUT2D eigenvalue weighted by Gasteiger charge is 2.24. The number of likely N-dealkylation sites (N-methyl/N-ethyl adjacent to an activating group) is 1. The van der Waals surface area contributed by atoms with Gasteiger partial charge in [-0.25, -0.2) is 0 Å². The first-order valence-electron chi connectivity index (χ1n) is 7.63. The van der Waals surface area contributed by atoms with Gasteiger partial charge in [0.15, 0.2) is 0 Å². The molecule has 3 unspecified atom stereocenters. The van der Waals surface area contributed by atoms with Gasteiger partial charge in [0, 0.05) is 25.2 Å². The summed E-state index contributed by atoms with van der Waals surface area (Å²) >= 11 is 0. The zero-order valence-electron chi connectivity index (χ0n) is 12.9. The smallest absolute Gasteiger partial charge is 0.0702 e. The van der Waals surface area contributed by atoms with Crippen LogP contribution in [0.2, 0.25) is 0 Å². The van der Waals surface area contributed by atoms with Gasteiger partial charge in [-0.15, -0.1) is 0 Å². The van der Waals surface area contributed by atoms with Crippen LogP contribution in [0.5, 0.6) is 0 Å². The average Bonchev–Trinajstić information content (AvgIpc) is 2.84. The third-order valence-corrected chi connectivity index (χ3v) is 4.12. The van der Waals surface area contributed by atoms with E-state index in [0.29, 0.717) is 24.1 Å². The van der Waals surface area contributed by atoms with Crippen molar-refractivity contribution in [3.63, 3.8) is 0 Å². The maximum absolute atomic E-state index is 5.76. The van der Waals surface area contributed by atoms with E-state index in [1.807, 2.05) is 0 Å². The number of nitrogens with one attached hydrogen (secondary N) is 1. The summed E-state index contributed by atoms with van der Waals surface area (Å²) in [5.41, 5.74) is 0. The fourth-order valence-electron chi connectivity index (χ4n) is 2.59. The minimum absolute atomic E-state index is 0.470. The third-order valence-electron chi connectivity index (χ3n) is 4.12. The molecule has 1 heterocycles. The van der Waals surface area contributed by atoms with E-state index in [2.05, 4.69) is 44.8 Å². The molecule has 3 nitrogen and oxygen atoms in total. The summed E-state index contributed by atoms with van der Waals surface area (Å²) in [5, 5.41) is 3.54. The summed E-state index contributed by atoms with van der Waals surface area (Å²) in [6, 6.07) is 1.19. The molecule has 108 valence electrons. The molecule has 0 bridgehead atoms. The van der Waals surface area contributed by atoms with Gasteiger partial charge in [0.25, 0.3) is 0 Å². The van der Waals surface area contributed by atoms with Gasteiger partial charge < -0.3 is 10.1 Å². The molecular formula is C15H32N2O. The van der Waals surface area contributed by atoms with E-state index >= 15 is 0 Å². The van der Waals surface area contributed by atoms with Gasteiger partial charge in [-0.3, -0.25) is 4.90 Å². The zero-order valence-corrected chi connectivity index (χ0v) is 12.9. The van der Waals surface area contributed by atoms with Crippen LogP contribution in [-0.2, 0) is 4.74 Å². The minimum atomic E-state index is 0.470. The lowest BCUT2D eigenvalue weighted by atomic mass is 10.0. The third kappa shape index (κ3) is 5.25. The average molecular weight is 256 g/mol. The van der Waals surface area contributed by atoms with Gasteiger partial charge in [-0.05, 0) is 38.8 Å². The van der Waals surface area contributed by atoms with Crippen molar-refractivity contribution in [3.8, 4) is 0 Å². The first kappa shape index (κ1) is 15.9. The van der Waals surface area contributed by atoms with Gasteiger partial charge in [0.2, 0.25) is 0 Å². The Morgan fingerprint density at radius 3 is 2.50 bits per heavy atom. The molecule has 0 aromatic heterocycles. The predicted octanol–water partition coefficient (Wildman–Crippen LogP) is 2.51. The Hall–Kier alpha value is -0.120.